The average Bonchev–Trinajstić information content (AvgIpc) is 3.00. The number of anilines is 1. The number of aliphatic hydroxyl groups excluding tert-OH is 1. The van der Waals surface area contributed by atoms with Crippen LogP contribution < -0.4 is 5.73 Å². The number of nitrogens with one attached hydrogen (secondary N) is 1. The van der Waals surface area contributed by atoms with E-state index in [0.29, 0.717) is 11.2 Å². The molecule has 0 bridgehead atoms. The van der Waals surface area contributed by atoms with Gasteiger partial charge >= 0.3 is 8.25 Å². The van der Waals surface area contributed by atoms with Gasteiger partial charge in [-0.25, -0.2) is 9.97 Å². The van der Waals surface area contributed by atoms with Crippen LogP contribution in [0.1, 0.15) is 12.6 Å². The van der Waals surface area contributed by atoms with Gasteiger partial charge in [0.15, 0.2) is 16.8 Å². The quantitative estimate of drug-likeness (QED) is 0.455. The summed E-state index contributed by atoms with van der Waals surface area (Å²) in [6, 6.07) is 0. The van der Waals surface area contributed by atoms with E-state index in [4.69, 9.17) is 27.6 Å². The molecule has 1 fully saturated rings. The highest BCUT2D eigenvalue weighted by molar-refractivity contribution is 7.71. The number of aliphatic hydroxyl groups is 1. The van der Waals surface area contributed by atoms with Crippen LogP contribution >= 0.6 is 20.5 Å². The first-order valence-electron chi connectivity index (χ1n) is 6.30. The summed E-state index contributed by atoms with van der Waals surface area (Å²) in [7, 11) is -2.70. The van der Waals surface area contributed by atoms with Crippen molar-refractivity contribution in [2.75, 3.05) is 12.3 Å². The van der Waals surface area contributed by atoms with Crippen molar-refractivity contribution >= 4 is 37.6 Å². The molecule has 1 saturated heterocycles. The molecule has 12 heteroatoms. The highest BCUT2D eigenvalue weighted by Gasteiger charge is 2.37. The lowest BCUT2D eigenvalue weighted by molar-refractivity contribution is -0.0459. The van der Waals surface area contributed by atoms with E-state index in [9.17, 15) is 9.67 Å². The second kappa shape index (κ2) is 5.95. The standard InChI is InChI=1S/C10H12N5O5PS/c11-10-13-7-6(8(22)14-10)12-3-15(7)9-5(16)1-4(20-9)2-19-21(17)18/h3-5,9,16H,1-2H2,(H3-,11,13,14,17,18,22)/p+1/t4-,5-,9+/m0/s1. The van der Waals surface area contributed by atoms with Crippen molar-refractivity contribution in [3.63, 3.8) is 0 Å². The van der Waals surface area contributed by atoms with Crippen molar-refractivity contribution < 1.29 is 23.8 Å². The van der Waals surface area contributed by atoms with Gasteiger partial charge in [0.05, 0.1) is 12.4 Å². The van der Waals surface area contributed by atoms with Crippen molar-refractivity contribution in [1.82, 2.24) is 19.5 Å². The Bertz CT molecular complexity index is 779. The van der Waals surface area contributed by atoms with Crippen LogP contribution in [0.4, 0.5) is 5.95 Å². The first-order valence-corrected chi connectivity index (χ1v) is 7.84. The van der Waals surface area contributed by atoms with Gasteiger partial charge in [-0.2, -0.15) is 0 Å². The lowest BCUT2D eigenvalue weighted by Gasteiger charge is -2.16. The van der Waals surface area contributed by atoms with Gasteiger partial charge in [-0.3, -0.25) is 4.57 Å². The number of H-pyrrole nitrogens is 1. The third-order valence-electron chi connectivity index (χ3n) is 3.28. The maximum atomic E-state index is 10.6. The second-order valence-corrected chi connectivity index (χ2v) is 5.88. The molecule has 0 amide bonds. The van der Waals surface area contributed by atoms with E-state index in [2.05, 4.69) is 19.5 Å². The number of nitrogens with zero attached hydrogens (tertiary/aromatic N) is 3. The van der Waals surface area contributed by atoms with Crippen LogP contribution in [0.3, 0.4) is 0 Å². The minimum Gasteiger partial charge on any atom is -0.388 e. The van der Waals surface area contributed by atoms with E-state index in [-0.39, 0.29) is 23.6 Å². The van der Waals surface area contributed by atoms with Crippen LogP contribution in [-0.4, -0.2) is 48.3 Å². The maximum absolute atomic E-state index is 10.6. The van der Waals surface area contributed by atoms with E-state index >= 15 is 0 Å². The molecule has 4 atom stereocenters. The van der Waals surface area contributed by atoms with E-state index < -0.39 is 26.7 Å². The molecule has 1 aliphatic rings. The average molecular weight is 346 g/mol. The summed E-state index contributed by atoms with van der Waals surface area (Å²) in [6.07, 6.45) is -0.358. The number of ether oxygens (including phenoxy) is 1. The fourth-order valence-corrected chi connectivity index (χ4v) is 2.92. The summed E-state index contributed by atoms with van der Waals surface area (Å²) in [6.45, 7) is -0.0917. The molecular weight excluding hydrogens is 333 g/mol. The molecule has 0 spiro atoms. The predicted molar refractivity (Wildman–Crippen MR) is 77.4 cm³/mol. The number of rotatable bonds is 4. The predicted octanol–water partition coefficient (Wildman–Crippen LogP) is 0.386. The van der Waals surface area contributed by atoms with Gasteiger partial charge < -0.3 is 20.6 Å². The number of nitrogens with two attached hydrogens (primary N) is 1. The Morgan fingerprint density at radius 1 is 1.68 bits per heavy atom. The largest absolute Gasteiger partial charge is 0.694 e. The molecule has 0 saturated carbocycles. The summed E-state index contributed by atoms with van der Waals surface area (Å²) < 4.78 is 22.6. The Labute approximate surface area is 129 Å². The third-order valence-corrected chi connectivity index (χ3v) is 3.93. The summed E-state index contributed by atoms with van der Waals surface area (Å²) in [5, 5.41) is 10.1. The summed E-state index contributed by atoms with van der Waals surface area (Å²) in [4.78, 5) is 19.5. The van der Waals surface area contributed by atoms with Crippen molar-refractivity contribution in [2.45, 2.75) is 24.9 Å². The zero-order valence-electron chi connectivity index (χ0n) is 11.1. The van der Waals surface area contributed by atoms with Gasteiger partial charge in [0.25, 0.3) is 0 Å². The van der Waals surface area contributed by atoms with E-state index in [1.54, 1.807) is 4.57 Å². The lowest BCUT2D eigenvalue weighted by atomic mass is 10.2. The van der Waals surface area contributed by atoms with Crippen LogP contribution in [0.15, 0.2) is 6.33 Å². The SMILES string of the molecule is Nc1nc(=S)c2ncn([C@@H]3O[C@H](CO[P+](=O)O)C[C@@H]3O)c2[nH]1. The van der Waals surface area contributed by atoms with Gasteiger partial charge in [0, 0.05) is 11.0 Å². The maximum Gasteiger partial charge on any atom is 0.694 e. The van der Waals surface area contributed by atoms with Crippen molar-refractivity contribution in [3.8, 4) is 0 Å². The van der Waals surface area contributed by atoms with Crippen molar-refractivity contribution in [2.24, 2.45) is 0 Å². The van der Waals surface area contributed by atoms with Gasteiger partial charge in [0.1, 0.15) is 23.9 Å². The van der Waals surface area contributed by atoms with Gasteiger partial charge in [-0.05, 0) is 0 Å². The normalized spacial score (nSPS) is 25.7. The van der Waals surface area contributed by atoms with Crippen LogP contribution in [0.2, 0.25) is 0 Å². The van der Waals surface area contributed by atoms with Crippen LogP contribution in [0.25, 0.3) is 11.2 Å². The number of aromatic nitrogens is 4. The third kappa shape index (κ3) is 2.86. The number of nitrogen functional groups attached to an aromatic ring is 1. The molecule has 1 aliphatic heterocycles. The molecule has 0 radical (unpaired) electrons. The summed E-state index contributed by atoms with van der Waals surface area (Å²) in [5.74, 6) is 0.129. The minimum absolute atomic E-state index is 0.0917. The molecule has 3 rings (SSSR count). The molecule has 1 unspecified atom stereocenters. The number of aromatic amines is 1. The Hall–Kier alpha value is -1.49. The monoisotopic (exact) mass is 346 g/mol. The van der Waals surface area contributed by atoms with Crippen molar-refractivity contribution in [3.05, 3.63) is 11.0 Å². The van der Waals surface area contributed by atoms with Gasteiger partial charge in [-0.1, -0.05) is 12.2 Å². The number of imidazole rings is 1. The smallest absolute Gasteiger partial charge is 0.388 e. The summed E-state index contributed by atoms with van der Waals surface area (Å²) in [5.41, 5.74) is 6.56. The molecule has 22 heavy (non-hydrogen) atoms. The molecule has 118 valence electrons. The molecule has 10 nitrogen and oxygen atoms in total. The fourth-order valence-electron chi connectivity index (χ4n) is 2.38. The Kier molecular flexibility index (Phi) is 4.17. The fraction of sp³-hybridized carbons (Fsp3) is 0.500. The first kappa shape index (κ1) is 15.4. The van der Waals surface area contributed by atoms with Crippen LogP contribution in [0.5, 0.6) is 0 Å². The number of hydrogen-bond acceptors (Lipinski definition) is 8. The lowest BCUT2D eigenvalue weighted by Crippen LogP contribution is -2.19. The Morgan fingerprint density at radius 2 is 2.45 bits per heavy atom. The first-order chi connectivity index (χ1) is 10.5. The highest BCUT2D eigenvalue weighted by Crippen LogP contribution is 2.32. The van der Waals surface area contributed by atoms with Crippen molar-refractivity contribution in [1.29, 1.82) is 0 Å². The van der Waals surface area contributed by atoms with Gasteiger partial charge in [-0.15, -0.1) is 9.42 Å². The molecular formula is C10H13N5O5PS+. The highest BCUT2D eigenvalue weighted by atomic mass is 32.1. The number of hydrogen-bond donors (Lipinski definition) is 4. The zero-order valence-corrected chi connectivity index (χ0v) is 12.8. The topological polar surface area (TPSA) is 149 Å². The second-order valence-electron chi connectivity index (χ2n) is 4.76. The molecule has 0 aliphatic carbocycles. The molecule has 0 aromatic carbocycles. The molecule has 5 N–H and O–H groups in total. The molecule has 2 aromatic rings. The van der Waals surface area contributed by atoms with Crippen LogP contribution in [-0.2, 0) is 13.8 Å². The Balaban J connectivity index is 1.88. The van der Waals surface area contributed by atoms with Crippen LogP contribution in [0, 0.1) is 4.64 Å². The van der Waals surface area contributed by atoms with Gasteiger partial charge in [0.2, 0.25) is 0 Å². The van der Waals surface area contributed by atoms with E-state index in [1.807, 2.05) is 0 Å². The Morgan fingerprint density at radius 3 is 3.18 bits per heavy atom. The zero-order chi connectivity index (χ0) is 15.9. The van der Waals surface area contributed by atoms with E-state index in [0.717, 1.165) is 0 Å². The van der Waals surface area contributed by atoms with E-state index in [1.165, 1.54) is 6.33 Å². The number of fused-ring (bicyclic) bond motifs is 1. The minimum atomic E-state index is -2.70. The summed E-state index contributed by atoms with van der Waals surface area (Å²) >= 11 is 5.08. The molecule has 2 aromatic heterocycles. The molecule has 3 heterocycles.